The summed E-state index contributed by atoms with van der Waals surface area (Å²) in [5.74, 6) is -0.000311. The molecule has 0 saturated carbocycles. The molecule has 33 heavy (non-hydrogen) atoms. The lowest BCUT2D eigenvalue weighted by Gasteiger charge is -2.26. The third-order valence-electron chi connectivity index (χ3n) is 5.24. The van der Waals surface area contributed by atoms with Crippen molar-refractivity contribution in [2.24, 2.45) is 0 Å². The predicted molar refractivity (Wildman–Crippen MR) is 125 cm³/mol. The van der Waals surface area contributed by atoms with Gasteiger partial charge in [-0.2, -0.15) is 0 Å². The van der Waals surface area contributed by atoms with E-state index >= 15 is 0 Å². The minimum Gasteiger partial charge on any atom is -0.493 e. The largest absolute Gasteiger partial charge is 0.493 e. The maximum absolute atomic E-state index is 12.4. The number of unbranched alkanes of at least 4 members (excludes halogenated alkanes) is 1. The van der Waals surface area contributed by atoms with E-state index in [4.69, 9.17) is 18.9 Å². The summed E-state index contributed by atoms with van der Waals surface area (Å²) in [6.07, 6.45) is 1.95. The van der Waals surface area contributed by atoms with Crippen molar-refractivity contribution in [1.82, 2.24) is 4.90 Å². The number of anilines is 1. The Morgan fingerprint density at radius 1 is 1.06 bits per heavy atom. The van der Waals surface area contributed by atoms with Crippen molar-refractivity contribution in [1.29, 1.82) is 0 Å². The average molecular weight is 457 g/mol. The molecule has 2 aromatic rings. The number of methoxy groups -OCH3 is 1. The molecule has 8 nitrogen and oxygen atoms in total. The third-order valence-corrected chi connectivity index (χ3v) is 5.24. The summed E-state index contributed by atoms with van der Waals surface area (Å²) >= 11 is 0. The first kappa shape index (κ1) is 24.5. The maximum atomic E-state index is 12.4. The number of benzene rings is 2. The molecule has 178 valence electrons. The second-order valence-corrected chi connectivity index (χ2v) is 7.78. The highest BCUT2D eigenvalue weighted by atomic mass is 16.5. The Hall–Kier alpha value is -3.10. The molecule has 0 radical (unpaired) electrons. The molecule has 1 amide bonds. The Balaban J connectivity index is 1.46. The van der Waals surface area contributed by atoms with E-state index in [9.17, 15) is 9.59 Å². The zero-order valence-corrected chi connectivity index (χ0v) is 19.3. The number of nitrogens with zero attached hydrogens (tertiary/aromatic N) is 1. The molecule has 1 fully saturated rings. The van der Waals surface area contributed by atoms with E-state index in [-0.39, 0.29) is 12.2 Å². The Bertz CT molecular complexity index is 910. The second-order valence-electron chi connectivity index (χ2n) is 7.78. The van der Waals surface area contributed by atoms with Gasteiger partial charge in [-0.3, -0.25) is 9.69 Å². The SMILES string of the molecule is CCCCOc1ccc(C(=O)OCC(=O)Nc2ccc(CN3CCOCC3)cc2)cc1OC. The Morgan fingerprint density at radius 3 is 2.52 bits per heavy atom. The molecule has 0 unspecified atom stereocenters. The number of carbonyl (C=O) groups excluding carboxylic acids is 2. The number of esters is 1. The highest BCUT2D eigenvalue weighted by Crippen LogP contribution is 2.28. The van der Waals surface area contributed by atoms with Crippen LogP contribution in [0.3, 0.4) is 0 Å². The summed E-state index contributed by atoms with van der Waals surface area (Å²) in [7, 11) is 1.51. The van der Waals surface area contributed by atoms with E-state index in [1.807, 2.05) is 24.3 Å². The van der Waals surface area contributed by atoms with Gasteiger partial charge in [0.25, 0.3) is 5.91 Å². The molecule has 1 aliphatic heterocycles. The van der Waals surface area contributed by atoms with Crippen LogP contribution in [0.1, 0.15) is 35.7 Å². The van der Waals surface area contributed by atoms with Crippen molar-refractivity contribution in [3.05, 3.63) is 53.6 Å². The number of rotatable bonds is 11. The van der Waals surface area contributed by atoms with Gasteiger partial charge in [0.2, 0.25) is 0 Å². The van der Waals surface area contributed by atoms with Gasteiger partial charge in [-0.15, -0.1) is 0 Å². The molecule has 1 N–H and O–H groups in total. The molecular formula is C25H32N2O6. The zero-order valence-electron chi connectivity index (χ0n) is 19.3. The van der Waals surface area contributed by atoms with Crippen LogP contribution in [0.5, 0.6) is 11.5 Å². The van der Waals surface area contributed by atoms with Gasteiger partial charge in [0.1, 0.15) is 0 Å². The second kappa shape index (κ2) is 12.8. The van der Waals surface area contributed by atoms with Crippen molar-refractivity contribution in [2.75, 3.05) is 51.9 Å². The molecule has 1 heterocycles. The van der Waals surface area contributed by atoms with Crippen molar-refractivity contribution >= 4 is 17.6 Å². The van der Waals surface area contributed by atoms with Crippen LogP contribution in [0, 0.1) is 0 Å². The third kappa shape index (κ3) is 7.76. The van der Waals surface area contributed by atoms with E-state index in [0.717, 1.165) is 51.3 Å². The van der Waals surface area contributed by atoms with Crippen LogP contribution < -0.4 is 14.8 Å². The van der Waals surface area contributed by atoms with Crippen molar-refractivity contribution in [3.63, 3.8) is 0 Å². The quantitative estimate of drug-likeness (QED) is 0.409. The van der Waals surface area contributed by atoms with Crippen LogP contribution in [0.2, 0.25) is 0 Å². The van der Waals surface area contributed by atoms with E-state index in [0.29, 0.717) is 23.8 Å². The molecule has 0 bridgehead atoms. The summed E-state index contributed by atoms with van der Waals surface area (Å²) < 4.78 is 21.5. The fourth-order valence-electron chi connectivity index (χ4n) is 3.36. The standard InChI is InChI=1S/C25H32N2O6/c1-3-4-13-32-22-10-7-20(16-23(22)30-2)25(29)33-18-24(28)26-21-8-5-19(6-9-21)17-27-11-14-31-15-12-27/h5-10,16H,3-4,11-15,17-18H2,1-2H3,(H,26,28). The molecule has 0 atom stereocenters. The number of nitrogens with one attached hydrogen (secondary N) is 1. The van der Waals surface area contributed by atoms with Gasteiger partial charge in [0, 0.05) is 25.3 Å². The minimum absolute atomic E-state index is 0.287. The van der Waals surface area contributed by atoms with Crippen LogP contribution in [-0.2, 0) is 20.8 Å². The highest BCUT2D eigenvalue weighted by Gasteiger charge is 2.15. The first-order valence-corrected chi connectivity index (χ1v) is 11.3. The summed E-state index contributed by atoms with van der Waals surface area (Å²) in [5.41, 5.74) is 2.10. The Morgan fingerprint density at radius 2 is 1.82 bits per heavy atom. The van der Waals surface area contributed by atoms with Crippen molar-refractivity contribution < 1.29 is 28.5 Å². The van der Waals surface area contributed by atoms with Gasteiger partial charge in [0.15, 0.2) is 18.1 Å². The zero-order chi connectivity index (χ0) is 23.5. The number of ether oxygens (including phenoxy) is 4. The van der Waals surface area contributed by atoms with Crippen molar-refractivity contribution in [3.8, 4) is 11.5 Å². The molecule has 3 rings (SSSR count). The summed E-state index contributed by atoms with van der Waals surface area (Å²) in [6.45, 7) is 6.48. The van der Waals surface area contributed by atoms with Crippen LogP contribution in [0.25, 0.3) is 0 Å². The normalized spacial score (nSPS) is 13.9. The van der Waals surface area contributed by atoms with Crippen LogP contribution in [0.4, 0.5) is 5.69 Å². The molecule has 0 aliphatic carbocycles. The van der Waals surface area contributed by atoms with E-state index < -0.39 is 11.9 Å². The molecule has 2 aromatic carbocycles. The number of hydrogen-bond donors (Lipinski definition) is 1. The van der Waals surface area contributed by atoms with Gasteiger partial charge < -0.3 is 24.3 Å². The summed E-state index contributed by atoms with van der Waals surface area (Å²) in [5, 5.41) is 2.75. The van der Waals surface area contributed by atoms with Crippen molar-refractivity contribution in [2.45, 2.75) is 26.3 Å². The van der Waals surface area contributed by atoms with E-state index in [2.05, 4.69) is 17.1 Å². The lowest BCUT2D eigenvalue weighted by molar-refractivity contribution is -0.119. The molecule has 8 heteroatoms. The lowest BCUT2D eigenvalue weighted by atomic mass is 10.2. The monoisotopic (exact) mass is 456 g/mol. The minimum atomic E-state index is -0.607. The first-order valence-electron chi connectivity index (χ1n) is 11.3. The van der Waals surface area contributed by atoms with E-state index in [1.165, 1.54) is 7.11 Å². The number of hydrogen-bond acceptors (Lipinski definition) is 7. The Kier molecular flexibility index (Phi) is 9.53. The van der Waals surface area contributed by atoms with Crippen LogP contribution in [0.15, 0.2) is 42.5 Å². The Labute approximate surface area is 194 Å². The van der Waals surface area contributed by atoms with Crippen LogP contribution in [-0.4, -0.2) is 63.4 Å². The molecule has 0 spiro atoms. The first-order chi connectivity index (χ1) is 16.1. The number of morpholine rings is 1. The maximum Gasteiger partial charge on any atom is 0.338 e. The van der Waals surface area contributed by atoms with Gasteiger partial charge in [-0.25, -0.2) is 4.79 Å². The van der Waals surface area contributed by atoms with Gasteiger partial charge in [-0.05, 0) is 42.3 Å². The fraction of sp³-hybridized carbons (Fsp3) is 0.440. The van der Waals surface area contributed by atoms with Gasteiger partial charge >= 0.3 is 5.97 Å². The molecule has 0 aromatic heterocycles. The molecule has 1 aliphatic rings. The number of amides is 1. The predicted octanol–water partition coefficient (Wildman–Crippen LogP) is 3.50. The number of carbonyl (C=O) groups is 2. The average Bonchev–Trinajstić information content (AvgIpc) is 2.84. The molecule has 1 saturated heterocycles. The lowest BCUT2D eigenvalue weighted by Crippen LogP contribution is -2.35. The van der Waals surface area contributed by atoms with E-state index in [1.54, 1.807) is 18.2 Å². The summed E-state index contributed by atoms with van der Waals surface area (Å²) in [4.78, 5) is 26.9. The fourth-order valence-corrected chi connectivity index (χ4v) is 3.36. The van der Waals surface area contributed by atoms with Crippen LogP contribution >= 0.6 is 0 Å². The molecular weight excluding hydrogens is 424 g/mol. The topological polar surface area (TPSA) is 86.3 Å². The van der Waals surface area contributed by atoms with Gasteiger partial charge in [0.05, 0.1) is 32.5 Å². The smallest absolute Gasteiger partial charge is 0.338 e. The highest BCUT2D eigenvalue weighted by molar-refractivity contribution is 5.95. The van der Waals surface area contributed by atoms with Gasteiger partial charge in [-0.1, -0.05) is 25.5 Å². The summed E-state index contributed by atoms with van der Waals surface area (Å²) in [6, 6.07) is 12.5.